The van der Waals surface area contributed by atoms with Crippen LogP contribution in [0.25, 0.3) is 6.08 Å². The minimum absolute atomic E-state index is 0.181. The predicted molar refractivity (Wildman–Crippen MR) is 115 cm³/mol. The number of hydrogen-bond donors (Lipinski definition) is 2. The fourth-order valence-corrected chi connectivity index (χ4v) is 3.66. The Kier molecular flexibility index (Phi) is 6.70. The summed E-state index contributed by atoms with van der Waals surface area (Å²) in [6.45, 7) is -0.470. The van der Waals surface area contributed by atoms with Gasteiger partial charge in [0.05, 0.1) is 12.0 Å². The molecule has 154 valence electrons. The second-order valence-electron chi connectivity index (χ2n) is 5.94. The lowest BCUT2D eigenvalue weighted by atomic mass is 10.2. The number of carbonyl (C=O) groups is 3. The Morgan fingerprint density at radius 2 is 1.93 bits per heavy atom. The number of hydrogen-bond acceptors (Lipinski definition) is 7. The van der Waals surface area contributed by atoms with Crippen LogP contribution in [0, 0.1) is 0 Å². The average Bonchev–Trinajstić information content (AvgIpc) is 2.99. The lowest BCUT2D eigenvalue weighted by Gasteiger charge is -2.15. The van der Waals surface area contributed by atoms with Gasteiger partial charge in [-0.2, -0.15) is 5.01 Å². The van der Waals surface area contributed by atoms with E-state index in [2.05, 4.69) is 5.43 Å². The van der Waals surface area contributed by atoms with Crippen molar-refractivity contribution in [2.45, 2.75) is 0 Å². The van der Waals surface area contributed by atoms with E-state index in [1.54, 1.807) is 54.6 Å². The zero-order valence-electron chi connectivity index (χ0n) is 15.7. The third kappa shape index (κ3) is 5.16. The molecule has 10 heteroatoms. The summed E-state index contributed by atoms with van der Waals surface area (Å²) in [7, 11) is 1.49. The number of aliphatic carboxylic acids is 1. The van der Waals surface area contributed by atoms with Crippen molar-refractivity contribution < 1.29 is 29.0 Å². The summed E-state index contributed by atoms with van der Waals surface area (Å²) in [6.07, 6.45) is 1.59. The van der Waals surface area contributed by atoms with Crippen molar-refractivity contribution in [2.75, 3.05) is 13.7 Å². The molecule has 1 aliphatic rings. The Balaban J connectivity index is 1.73. The lowest BCUT2D eigenvalue weighted by Crippen LogP contribution is -2.44. The van der Waals surface area contributed by atoms with Crippen LogP contribution in [0.1, 0.15) is 15.9 Å². The van der Waals surface area contributed by atoms with Gasteiger partial charge in [-0.05, 0) is 54.2 Å². The van der Waals surface area contributed by atoms with Crippen LogP contribution in [0.15, 0.2) is 53.4 Å². The molecule has 0 atom stereocenters. The number of nitrogens with one attached hydrogen (secondary N) is 1. The summed E-state index contributed by atoms with van der Waals surface area (Å²) < 4.78 is 10.4. The van der Waals surface area contributed by atoms with E-state index in [1.807, 2.05) is 0 Å². The van der Waals surface area contributed by atoms with Crippen LogP contribution in [0.4, 0.5) is 0 Å². The van der Waals surface area contributed by atoms with Crippen molar-refractivity contribution in [1.82, 2.24) is 10.4 Å². The molecule has 0 unspecified atom stereocenters. The zero-order valence-corrected chi connectivity index (χ0v) is 17.3. The first-order valence-electron chi connectivity index (χ1n) is 8.55. The number of carbonyl (C=O) groups excluding carboxylic acids is 2. The Morgan fingerprint density at radius 3 is 2.67 bits per heavy atom. The maximum Gasteiger partial charge on any atom is 0.341 e. The number of nitrogens with zero attached hydrogens (tertiary/aromatic N) is 1. The molecule has 0 spiro atoms. The third-order valence-electron chi connectivity index (χ3n) is 3.86. The summed E-state index contributed by atoms with van der Waals surface area (Å²) in [5, 5.41) is 9.72. The topological polar surface area (TPSA) is 105 Å². The fraction of sp³-hybridized carbons (Fsp3) is 0.100. The van der Waals surface area contributed by atoms with E-state index in [0.717, 1.165) is 16.8 Å². The molecule has 3 rings (SSSR count). The minimum atomic E-state index is -1.09. The molecule has 2 amide bonds. The maximum atomic E-state index is 12.7. The molecule has 1 saturated heterocycles. The summed E-state index contributed by atoms with van der Waals surface area (Å²) in [4.78, 5) is 36.1. The molecule has 1 heterocycles. The van der Waals surface area contributed by atoms with E-state index in [4.69, 9.17) is 26.8 Å². The van der Waals surface area contributed by atoms with Crippen molar-refractivity contribution in [2.24, 2.45) is 0 Å². The van der Waals surface area contributed by atoms with E-state index in [0.29, 0.717) is 27.5 Å². The molecule has 1 aliphatic heterocycles. The number of benzene rings is 2. The second kappa shape index (κ2) is 9.42. The lowest BCUT2D eigenvalue weighted by molar-refractivity contribution is -0.139. The quantitative estimate of drug-likeness (QED) is 0.496. The highest BCUT2D eigenvalue weighted by atomic mass is 32.2. The fourth-order valence-electron chi connectivity index (χ4n) is 2.49. The first-order valence-corrected chi connectivity index (χ1v) is 9.77. The monoisotopic (exact) mass is 444 g/mol. The van der Waals surface area contributed by atoms with Crippen LogP contribution in [-0.4, -0.2) is 45.9 Å². The van der Waals surface area contributed by atoms with Crippen LogP contribution >= 0.6 is 24.0 Å². The van der Waals surface area contributed by atoms with E-state index in [9.17, 15) is 14.4 Å². The molecule has 2 aromatic rings. The number of carboxylic acid groups (broad SMARTS) is 1. The van der Waals surface area contributed by atoms with Gasteiger partial charge in [0.15, 0.2) is 10.9 Å². The molecular formula is C20H16N2O6S2. The second-order valence-corrected chi connectivity index (χ2v) is 7.62. The van der Waals surface area contributed by atoms with Crippen LogP contribution in [-0.2, 0) is 9.59 Å². The van der Waals surface area contributed by atoms with E-state index in [1.165, 1.54) is 7.11 Å². The number of methoxy groups -OCH3 is 1. The van der Waals surface area contributed by atoms with Crippen molar-refractivity contribution in [3.05, 3.63) is 64.6 Å². The Labute approximate surface area is 181 Å². The number of amides is 2. The van der Waals surface area contributed by atoms with Crippen molar-refractivity contribution in [3.63, 3.8) is 0 Å². The number of rotatable bonds is 7. The smallest absolute Gasteiger partial charge is 0.341 e. The number of hydrazine groups is 1. The number of thioether (sulfide) groups is 1. The van der Waals surface area contributed by atoms with Gasteiger partial charge in [-0.25, -0.2) is 4.79 Å². The molecule has 0 saturated carbocycles. The molecule has 0 aromatic heterocycles. The molecule has 2 N–H and O–H groups in total. The summed E-state index contributed by atoms with van der Waals surface area (Å²) >= 11 is 6.26. The molecule has 1 fully saturated rings. The van der Waals surface area contributed by atoms with Gasteiger partial charge in [0.2, 0.25) is 0 Å². The zero-order chi connectivity index (χ0) is 21.7. The molecule has 8 nitrogen and oxygen atoms in total. The number of ether oxygens (including phenoxy) is 2. The van der Waals surface area contributed by atoms with Gasteiger partial charge < -0.3 is 14.6 Å². The summed E-state index contributed by atoms with van der Waals surface area (Å²) in [6, 6.07) is 13.1. The van der Waals surface area contributed by atoms with Gasteiger partial charge in [-0.3, -0.25) is 15.0 Å². The van der Waals surface area contributed by atoms with Crippen LogP contribution < -0.4 is 14.9 Å². The SMILES string of the molecule is COc1cccc(C(=O)NN2C(=O)/C(=C\c3cccc(OCC(=O)O)c3)SC2=S)c1. The van der Waals surface area contributed by atoms with Crippen molar-refractivity contribution >= 4 is 52.2 Å². The molecule has 0 aliphatic carbocycles. The molecular weight excluding hydrogens is 428 g/mol. The third-order valence-corrected chi connectivity index (χ3v) is 5.16. The van der Waals surface area contributed by atoms with Crippen molar-refractivity contribution in [1.29, 1.82) is 0 Å². The maximum absolute atomic E-state index is 12.7. The molecule has 30 heavy (non-hydrogen) atoms. The van der Waals surface area contributed by atoms with Crippen LogP contribution in [0.5, 0.6) is 11.5 Å². The predicted octanol–water partition coefficient (Wildman–Crippen LogP) is 2.70. The highest BCUT2D eigenvalue weighted by molar-refractivity contribution is 8.26. The van der Waals surface area contributed by atoms with Gasteiger partial charge in [0.25, 0.3) is 11.8 Å². The van der Waals surface area contributed by atoms with Crippen LogP contribution in [0.2, 0.25) is 0 Å². The average molecular weight is 444 g/mol. The van der Waals surface area contributed by atoms with Gasteiger partial charge in [-0.15, -0.1) is 0 Å². The van der Waals surface area contributed by atoms with E-state index in [-0.39, 0.29) is 4.32 Å². The van der Waals surface area contributed by atoms with Gasteiger partial charge in [-0.1, -0.05) is 30.0 Å². The summed E-state index contributed by atoms with van der Waals surface area (Å²) in [5.74, 6) is -1.20. The normalized spacial score (nSPS) is 14.7. The highest BCUT2D eigenvalue weighted by Crippen LogP contribution is 2.32. The number of thiocarbonyl (C=S) groups is 1. The largest absolute Gasteiger partial charge is 0.497 e. The van der Waals surface area contributed by atoms with E-state index >= 15 is 0 Å². The van der Waals surface area contributed by atoms with Crippen molar-refractivity contribution in [3.8, 4) is 11.5 Å². The first kappa shape index (κ1) is 21.3. The van der Waals surface area contributed by atoms with Crippen LogP contribution in [0.3, 0.4) is 0 Å². The first-order chi connectivity index (χ1) is 14.4. The minimum Gasteiger partial charge on any atom is -0.497 e. The highest BCUT2D eigenvalue weighted by Gasteiger charge is 2.33. The molecule has 2 aromatic carbocycles. The van der Waals surface area contributed by atoms with E-state index < -0.39 is 24.4 Å². The Bertz CT molecular complexity index is 1050. The number of carboxylic acids is 1. The Hall–Kier alpha value is -3.37. The molecule has 0 bridgehead atoms. The summed E-state index contributed by atoms with van der Waals surface area (Å²) in [5.41, 5.74) is 3.44. The van der Waals surface area contributed by atoms with Gasteiger partial charge in [0.1, 0.15) is 11.5 Å². The van der Waals surface area contributed by atoms with Gasteiger partial charge in [0, 0.05) is 5.56 Å². The van der Waals surface area contributed by atoms with Gasteiger partial charge >= 0.3 is 5.97 Å². The standard InChI is InChI=1S/C20H16N2O6S2/c1-27-14-6-3-5-13(10-14)18(25)21-22-19(26)16(30-20(22)29)9-12-4-2-7-15(8-12)28-11-17(23)24/h2-10H,11H2,1H3,(H,21,25)(H,23,24)/b16-9+. The Morgan fingerprint density at radius 1 is 1.20 bits per heavy atom. The molecule has 0 radical (unpaired) electrons.